The maximum absolute atomic E-state index is 13.4. The number of unbranched alkanes of at least 4 members (excludes halogenated alkanes) is 23. The lowest BCUT2D eigenvalue weighted by Crippen LogP contribution is -2.45. The van der Waals surface area contributed by atoms with E-state index in [0.717, 1.165) is 77.7 Å². The van der Waals surface area contributed by atoms with Crippen LogP contribution in [0, 0.1) is 11.8 Å². The van der Waals surface area contributed by atoms with Gasteiger partial charge in [0, 0.05) is 44.4 Å². The van der Waals surface area contributed by atoms with Gasteiger partial charge in [-0.05, 0) is 96.1 Å². The molecule has 1 fully saturated rings. The summed E-state index contributed by atoms with van der Waals surface area (Å²) in [4.78, 5) is 31.5. The summed E-state index contributed by atoms with van der Waals surface area (Å²) >= 11 is 0. The van der Waals surface area contributed by atoms with Crippen molar-refractivity contribution < 1.29 is 24.2 Å². The van der Waals surface area contributed by atoms with E-state index in [2.05, 4.69) is 49.6 Å². The Morgan fingerprint density at radius 1 is 0.508 bits per heavy atom. The zero-order valence-electron chi connectivity index (χ0n) is 42.7. The highest BCUT2D eigenvalue weighted by atomic mass is 16.5. The SMILES string of the molecule is CCCCCCCC/C=C\CCCCCCCC(=O)OCC(CCCCN(CCN(CCO)CCCCCC)C1CCC1)COC(=O)CC(CCCCCC)CCCCCCCC. The van der Waals surface area contributed by atoms with Gasteiger partial charge in [-0.25, -0.2) is 0 Å². The Labute approximate surface area is 392 Å². The fraction of sp³-hybridized carbons (Fsp3) is 0.929. The number of aliphatic hydroxyl groups is 1. The second-order valence-electron chi connectivity index (χ2n) is 19.8. The molecule has 1 rings (SSSR count). The third kappa shape index (κ3) is 37.4. The number of hydrogen-bond donors (Lipinski definition) is 1. The second-order valence-corrected chi connectivity index (χ2v) is 19.8. The minimum Gasteiger partial charge on any atom is -0.465 e. The largest absolute Gasteiger partial charge is 0.465 e. The number of carbonyl (C=O) groups excluding carboxylic acids is 2. The van der Waals surface area contributed by atoms with Crippen LogP contribution >= 0.6 is 0 Å². The summed E-state index contributed by atoms with van der Waals surface area (Å²) in [6.07, 6.45) is 48.7. The Morgan fingerprint density at radius 2 is 0.968 bits per heavy atom. The van der Waals surface area contributed by atoms with E-state index >= 15 is 0 Å². The summed E-state index contributed by atoms with van der Waals surface area (Å²) in [5.74, 6) is 0.275. The van der Waals surface area contributed by atoms with E-state index in [-0.39, 0.29) is 24.5 Å². The van der Waals surface area contributed by atoms with Crippen molar-refractivity contribution in [3.05, 3.63) is 12.2 Å². The van der Waals surface area contributed by atoms with Crippen LogP contribution in [-0.4, -0.2) is 85.4 Å². The lowest BCUT2D eigenvalue weighted by molar-refractivity contribution is -0.150. The van der Waals surface area contributed by atoms with Gasteiger partial charge < -0.3 is 14.6 Å². The van der Waals surface area contributed by atoms with Crippen molar-refractivity contribution in [2.45, 2.75) is 271 Å². The topological polar surface area (TPSA) is 79.3 Å². The normalized spacial score (nSPS) is 14.2. The van der Waals surface area contributed by atoms with E-state index in [4.69, 9.17) is 9.47 Å². The molecule has 0 aromatic heterocycles. The van der Waals surface area contributed by atoms with Gasteiger partial charge >= 0.3 is 11.9 Å². The van der Waals surface area contributed by atoms with Crippen LogP contribution in [0.3, 0.4) is 0 Å². The van der Waals surface area contributed by atoms with Crippen LogP contribution in [-0.2, 0) is 19.1 Å². The Kier molecular flexibility index (Phi) is 43.2. The highest BCUT2D eigenvalue weighted by Gasteiger charge is 2.25. The van der Waals surface area contributed by atoms with Crippen molar-refractivity contribution in [3.8, 4) is 0 Å². The molecule has 0 saturated heterocycles. The molecule has 0 aliphatic heterocycles. The van der Waals surface area contributed by atoms with Crippen molar-refractivity contribution in [3.63, 3.8) is 0 Å². The van der Waals surface area contributed by atoms with Crippen LogP contribution in [0.2, 0.25) is 0 Å². The maximum Gasteiger partial charge on any atom is 0.306 e. The van der Waals surface area contributed by atoms with E-state index < -0.39 is 0 Å². The lowest BCUT2D eigenvalue weighted by atomic mass is 9.91. The van der Waals surface area contributed by atoms with E-state index in [1.165, 1.54) is 180 Å². The minimum absolute atomic E-state index is 0.0360. The van der Waals surface area contributed by atoms with Crippen LogP contribution in [0.1, 0.15) is 265 Å². The number of ether oxygens (including phenoxy) is 2. The Morgan fingerprint density at radius 3 is 1.52 bits per heavy atom. The van der Waals surface area contributed by atoms with Crippen molar-refractivity contribution in [2.24, 2.45) is 11.8 Å². The summed E-state index contributed by atoms with van der Waals surface area (Å²) < 4.78 is 12.0. The van der Waals surface area contributed by atoms with Crippen molar-refractivity contribution >= 4 is 11.9 Å². The number of rotatable bonds is 49. The molecule has 1 aliphatic rings. The number of hydrogen-bond acceptors (Lipinski definition) is 7. The molecule has 0 bridgehead atoms. The summed E-state index contributed by atoms with van der Waals surface area (Å²) in [6, 6.07) is 0.682. The maximum atomic E-state index is 13.4. The number of nitrogens with zero attached hydrogens (tertiary/aromatic N) is 2. The molecule has 0 aromatic carbocycles. The quantitative estimate of drug-likeness (QED) is 0.0370. The molecular formula is C56H108N2O5. The number of esters is 2. The number of carbonyl (C=O) groups is 2. The molecule has 63 heavy (non-hydrogen) atoms. The third-order valence-electron chi connectivity index (χ3n) is 13.8. The number of aliphatic hydroxyl groups excluding tert-OH is 1. The van der Waals surface area contributed by atoms with E-state index in [9.17, 15) is 14.7 Å². The molecule has 2 unspecified atom stereocenters. The lowest BCUT2D eigenvalue weighted by Gasteiger charge is -2.39. The van der Waals surface area contributed by atoms with E-state index in [0.29, 0.717) is 38.0 Å². The Balaban J connectivity index is 2.64. The fourth-order valence-electron chi connectivity index (χ4n) is 9.25. The molecular weight excluding hydrogens is 781 g/mol. The number of allylic oxidation sites excluding steroid dienone is 2. The van der Waals surface area contributed by atoms with Gasteiger partial charge in [-0.2, -0.15) is 0 Å². The van der Waals surface area contributed by atoms with Gasteiger partial charge in [0.05, 0.1) is 19.8 Å². The second kappa shape index (κ2) is 45.7. The van der Waals surface area contributed by atoms with Crippen LogP contribution in [0.25, 0.3) is 0 Å². The molecule has 1 N–H and O–H groups in total. The molecule has 0 aromatic rings. The summed E-state index contributed by atoms with van der Waals surface area (Å²) in [5, 5.41) is 9.73. The van der Waals surface area contributed by atoms with Gasteiger partial charge in [0.1, 0.15) is 0 Å². The average Bonchev–Trinajstić information content (AvgIpc) is 3.26. The van der Waals surface area contributed by atoms with Crippen molar-refractivity contribution in [2.75, 3.05) is 52.5 Å². The van der Waals surface area contributed by atoms with Crippen molar-refractivity contribution in [1.29, 1.82) is 0 Å². The molecule has 0 amide bonds. The summed E-state index contributed by atoms with van der Waals surface area (Å²) in [6.45, 7) is 15.0. The summed E-state index contributed by atoms with van der Waals surface area (Å²) in [5.41, 5.74) is 0. The van der Waals surface area contributed by atoms with Gasteiger partial charge in [-0.15, -0.1) is 0 Å². The zero-order valence-corrected chi connectivity index (χ0v) is 42.7. The van der Waals surface area contributed by atoms with Crippen LogP contribution in [0.15, 0.2) is 12.2 Å². The van der Waals surface area contributed by atoms with Crippen LogP contribution in [0.4, 0.5) is 0 Å². The molecule has 7 heteroatoms. The monoisotopic (exact) mass is 889 g/mol. The molecule has 0 spiro atoms. The molecule has 7 nitrogen and oxygen atoms in total. The van der Waals surface area contributed by atoms with Gasteiger partial charge in [0.2, 0.25) is 0 Å². The van der Waals surface area contributed by atoms with Gasteiger partial charge in [0.25, 0.3) is 0 Å². The van der Waals surface area contributed by atoms with Crippen LogP contribution in [0.5, 0.6) is 0 Å². The molecule has 1 saturated carbocycles. The smallest absolute Gasteiger partial charge is 0.306 e. The first kappa shape index (κ1) is 59.6. The first-order valence-electron chi connectivity index (χ1n) is 28.0. The minimum atomic E-state index is -0.103. The Bertz CT molecular complexity index is 1020. The van der Waals surface area contributed by atoms with Gasteiger partial charge in [-0.3, -0.25) is 19.4 Å². The third-order valence-corrected chi connectivity index (χ3v) is 13.8. The molecule has 2 atom stereocenters. The van der Waals surface area contributed by atoms with E-state index in [1.807, 2.05) is 0 Å². The van der Waals surface area contributed by atoms with E-state index in [1.54, 1.807) is 0 Å². The molecule has 0 radical (unpaired) electrons. The summed E-state index contributed by atoms with van der Waals surface area (Å²) in [7, 11) is 0. The molecule has 0 heterocycles. The van der Waals surface area contributed by atoms with Gasteiger partial charge in [-0.1, -0.05) is 188 Å². The highest BCUT2D eigenvalue weighted by Crippen LogP contribution is 2.26. The zero-order chi connectivity index (χ0) is 45.7. The Hall–Kier alpha value is -1.44. The predicted molar refractivity (Wildman–Crippen MR) is 270 cm³/mol. The predicted octanol–water partition coefficient (Wildman–Crippen LogP) is 15.4. The first-order chi connectivity index (χ1) is 31.0. The average molecular weight is 889 g/mol. The van der Waals surface area contributed by atoms with Crippen molar-refractivity contribution in [1.82, 2.24) is 9.80 Å². The first-order valence-corrected chi connectivity index (χ1v) is 28.0. The highest BCUT2D eigenvalue weighted by molar-refractivity contribution is 5.70. The molecule has 1 aliphatic carbocycles. The molecule has 372 valence electrons. The van der Waals surface area contributed by atoms with Gasteiger partial charge in [0.15, 0.2) is 0 Å². The fourth-order valence-corrected chi connectivity index (χ4v) is 9.25. The standard InChI is InChI=1S/C56H108N2O5/c1-5-9-13-17-19-20-21-22-23-24-25-26-27-29-32-42-55(60)62-50-53(51-63-56(61)49-52(37-30-15-11-7-3)38-31-28-18-14-10-6-2)39-33-35-44-58(54-40-36-41-54)46-45-57(47-48-59)43-34-16-12-8-4/h22-23,52-54,59H,5-21,24-51H2,1-4H3/b23-22-. The van der Waals surface area contributed by atoms with Crippen LogP contribution < -0.4 is 0 Å².